The Morgan fingerprint density at radius 2 is 1.69 bits per heavy atom. The third kappa shape index (κ3) is 4.76. The normalized spacial score (nSPS) is 11.8. The van der Waals surface area contributed by atoms with E-state index in [0.29, 0.717) is 5.56 Å². The van der Waals surface area contributed by atoms with Crippen molar-refractivity contribution in [2.24, 2.45) is 0 Å². The van der Waals surface area contributed by atoms with E-state index in [-0.39, 0.29) is 17.2 Å². The van der Waals surface area contributed by atoms with Crippen LogP contribution >= 0.6 is 0 Å². The van der Waals surface area contributed by atoms with Gasteiger partial charge in [0.1, 0.15) is 0 Å². The molecule has 1 amide bonds. The van der Waals surface area contributed by atoms with Gasteiger partial charge < -0.3 is 9.64 Å². The molecule has 2 aromatic carbocycles. The van der Waals surface area contributed by atoms with E-state index in [0.717, 1.165) is 6.08 Å². The summed E-state index contributed by atoms with van der Waals surface area (Å²) in [5.74, 6) is -1.16. The molecule has 0 spiro atoms. The first kappa shape index (κ1) is 18.9. The van der Waals surface area contributed by atoms with Crippen molar-refractivity contribution in [3.05, 3.63) is 81.9 Å². The number of amides is 1. The second-order valence-corrected chi connectivity index (χ2v) is 5.61. The smallest absolute Gasteiger partial charge is 0.331 e. The predicted octanol–water partition coefficient (Wildman–Crippen LogP) is 2.98. The molecular formula is C19H18N2O5. The van der Waals surface area contributed by atoms with E-state index in [2.05, 4.69) is 0 Å². The van der Waals surface area contributed by atoms with Crippen molar-refractivity contribution >= 4 is 23.6 Å². The van der Waals surface area contributed by atoms with Gasteiger partial charge in [0, 0.05) is 31.8 Å². The summed E-state index contributed by atoms with van der Waals surface area (Å²) >= 11 is 0. The van der Waals surface area contributed by atoms with Gasteiger partial charge in [-0.1, -0.05) is 42.5 Å². The van der Waals surface area contributed by atoms with Crippen LogP contribution in [-0.2, 0) is 14.3 Å². The van der Waals surface area contributed by atoms with E-state index < -0.39 is 17.0 Å². The maximum absolute atomic E-state index is 12.3. The van der Waals surface area contributed by atoms with Gasteiger partial charge in [-0.25, -0.2) is 4.79 Å². The summed E-state index contributed by atoms with van der Waals surface area (Å²) in [4.78, 5) is 36.3. The van der Waals surface area contributed by atoms with E-state index >= 15 is 0 Å². The number of benzene rings is 2. The summed E-state index contributed by atoms with van der Waals surface area (Å²) in [5.41, 5.74) is 0.684. The highest BCUT2D eigenvalue weighted by Crippen LogP contribution is 2.21. The molecule has 2 aromatic rings. The van der Waals surface area contributed by atoms with Crippen LogP contribution in [0.2, 0.25) is 0 Å². The first-order valence-corrected chi connectivity index (χ1v) is 7.78. The van der Waals surface area contributed by atoms with Crippen molar-refractivity contribution in [2.75, 3.05) is 14.1 Å². The lowest BCUT2D eigenvalue weighted by Crippen LogP contribution is -2.30. The van der Waals surface area contributed by atoms with Crippen LogP contribution < -0.4 is 0 Å². The van der Waals surface area contributed by atoms with Crippen molar-refractivity contribution in [1.29, 1.82) is 0 Å². The molecule has 0 saturated carbocycles. The maximum atomic E-state index is 12.3. The highest BCUT2D eigenvalue weighted by Gasteiger charge is 2.25. The Labute approximate surface area is 150 Å². The zero-order valence-electron chi connectivity index (χ0n) is 14.4. The lowest BCUT2D eigenvalue weighted by molar-refractivity contribution is -0.385. The number of hydrogen-bond donors (Lipinski definition) is 0. The molecule has 2 rings (SSSR count). The molecule has 0 saturated heterocycles. The number of nitro groups is 1. The molecule has 134 valence electrons. The number of rotatable bonds is 6. The fourth-order valence-corrected chi connectivity index (χ4v) is 2.23. The molecule has 0 aliphatic heterocycles. The molecule has 0 aliphatic rings. The Morgan fingerprint density at radius 1 is 1.08 bits per heavy atom. The number of nitrogens with zero attached hydrogens (tertiary/aromatic N) is 2. The molecule has 7 nitrogen and oxygen atoms in total. The van der Waals surface area contributed by atoms with Crippen molar-refractivity contribution in [2.45, 2.75) is 6.10 Å². The van der Waals surface area contributed by atoms with Gasteiger partial charge in [0.05, 0.1) is 10.5 Å². The number of carbonyl (C=O) groups excluding carboxylic acids is 2. The number of hydrogen-bond acceptors (Lipinski definition) is 5. The molecule has 0 unspecified atom stereocenters. The lowest BCUT2D eigenvalue weighted by Gasteiger charge is -2.20. The molecule has 7 heteroatoms. The van der Waals surface area contributed by atoms with E-state index in [1.54, 1.807) is 50.5 Å². The molecule has 0 heterocycles. The highest BCUT2D eigenvalue weighted by atomic mass is 16.6. The Balaban J connectivity index is 2.20. The minimum atomic E-state index is -1.09. The summed E-state index contributed by atoms with van der Waals surface area (Å²) in [5, 5.41) is 11.0. The second-order valence-electron chi connectivity index (χ2n) is 5.61. The zero-order valence-corrected chi connectivity index (χ0v) is 14.4. The SMILES string of the molecule is CN(C)C(=O)[C@@H](OC(=O)/C=C/c1ccccc1[N+](=O)[O-])c1ccccc1. The first-order valence-electron chi connectivity index (χ1n) is 7.78. The maximum Gasteiger partial charge on any atom is 0.331 e. The highest BCUT2D eigenvalue weighted by molar-refractivity contribution is 5.91. The van der Waals surface area contributed by atoms with E-state index in [4.69, 9.17) is 4.74 Å². The van der Waals surface area contributed by atoms with Crippen LogP contribution in [0.5, 0.6) is 0 Å². The number of esters is 1. The number of carbonyl (C=O) groups is 2. The first-order chi connectivity index (χ1) is 12.4. The molecular weight excluding hydrogens is 336 g/mol. The van der Waals surface area contributed by atoms with E-state index in [1.807, 2.05) is 0 Å². The lowest BCUT2D eigenvalue weighted by atomic mass is 10.1. The predicted molar refractivity (Wildman–Crippen MR) is 96.1 cm³/mol. The molecule has 26 heavy (non-hydrogen) atoms. The number of nitro benzene ring substituents is 1. The summed E-state index contributed by atoms with van der Waals surface area (Å²) < 4.78 is 5.29. The van der Waals surface area contributed by atoms with Crippen molar-refractivity contribution in [1.82, 2.24) is 4.90 Å². The zero-order chi connectivity index (χ0) is 19.1. The van der Waals surface area contributed by atoms with Gasteiger partial charge in [0.2, 0.25) is 6.10 Å². The number of ether oxygens (including phenoxy) is 1. The summed E-state index contributed by atoms with van der Waals surface area (Å²) in [7, 11) is 3.13. The van der Waals surface area contributed by atoms with Crippen molar-refractivity contribution < 1.29 is 19.2 Å². The van der Waals surface area contributed by atoms with Gasteiger partial charge in [-0.2, -0.15) is 0 Å². The van der Waals surface area contributed by atoms with Crippen LogP contribution in [0.3, 0.4) is 0 Å². The fraction of sp³-hybridized carbons (Fsp3) is 0.158. The summed E-state index contributed by atoms with van der Waals surface area (Å²) in [6, 6.07) is 14.7. The number of likely N-dealkylation sites (N-methyl/N-ethyl adjacent to an activating group) is 1. The molecule has 0 fully saturated rings. The minimum Gasteiger partial charge on any atom is -0.444 e. The van der Waals surface area contributed by atoms with Crippen LogP contribution in [0.1, 0.15) is 17.2 Å². The molecule has 0 N–H and O–H groups in total. The molecule has 0 aromatic heterocycles. The standard InChI is InChI=1S/C19H18N2O5/c1-20(2)19(23)18(15-9-4-3-5-10-15)26-17(22)13-12-14-8-6-7-11-16(14)21(24)25/h3-13,18H,1-2H3/b13-12+/t18-/m0/s1. The van der Waals surface area contributed by atoms with Gasteiger partial charge in [0.15, 0.2) is 0 Å². The van der Waals surface area contributed by atoms with Crippen LogP contribution in [-0.4, -0.2) is 35.8 Å². The number of para-hydroxylation sites is 1. The fourth-order valence-electron chi connectivity index (χ4n) is 2.23. The third-order valence-corrected chi connectivity index (χ3v) is 3.53. The van der Waals surface area contributed by atoms with Crippen LogP contribution in [0.25, 0.3) is 6.08 Å². The van der Waals surface area contributed by atoms with Crippen LogP contribution in [0, 0.1) is 10.1 Å². The van der Waals surface area contributed by atoms with E-state index in [9.17, 15) is 19.7 Å². The largest absolute Gasteiger partial charge is 0.444 e. The Morgan fingerprint density at radius 3 is 2.31 bits per heavy atom. The Hall–Kier alpha value is -3.48. The summed E-state index contributed by atoms with van der Waals surface area (Å²) in [6.45, 7) is 0. The van der Waals surface area contributed by atoms with E-state index in [1.165, 1.54) is 29.2 Å². The van der Waals surface area contributed by atoms with Gasteiger partial charge in [0.25, 0.3) is 11.6 Å². The van der Waals surface area contributed by atoms with Gasteiger partial charge in [-0.05, 0) is 12.1 Å². The average Bonchev–Trinajstić information content (AvgIpc) is 2.64. The van der Waals surface area contributed by atoms with Crippen LogP contribution in [0.4, 0.5) is 5.69 Å². The Kier molecular flexibility index (Phi) is 6.21. The monoisotopic (exact) mass is 354 g/mol. The quantitative estimate of drug-likeness (QED) is 0.344. The van der Waals surface area contributed by atoms with Crippen molar-refractivity contribution in [3.63, 3.8) is 0 Å². The topological polar surface area (TPSA) is 89.8 Å². The van der Waals surface area contributed by atoms with Gasteiger partial charge in [-0.15, -0.1) is 0 Å². The molecule has 0 radical (unpaired) electrons. The van der Waals surface area contributed by atoms with Crippen molar-refractivity contribution in [3.8, 4) is 0 Å². The minimum absolute atomic E-state index is 0.125. The second kappa shape index (κ2) is 8.57. The summed E-state index contributed by atoms with van der Waals surface area (Å²) in [6.07, 6.45) is 1.28. The molecule has 1 atom stereocenters. The van der Waals surface area contributed by atoms with Crippen LogP contribution in [0.15, 0.2) is 60.7 Å². The molecule has 0 bridgehead atoms. The van der Waals surface area contributed by atoms with Gasteiger partial charge in [-0.3, -0.25) is 14.9 Å². The Bertz CT molecular complexity index is 831. The third-order valence-electron chi connectivity index (χ3n) is 3.53. The average molecular weight is 354 g/mol. The van der Waals surface area contributed by atoms with Gasteiger partial charge >= 0.3 is 5.97 Å². The molecule has 0 aliphatic carbocycles.